The highest BCUT2D eigenvalue weighted by Gasteiger charge is 2.54. The Kier molecular flexibility index (Phi) is 5.24. The Morgan fingerprint density at radius 3 is 2.67 bits per heavy atom. The lowest BCUT2D eigenvalue weighted by atomic mass is 10.0. The normalized spacial score (nSPS) is 22.6. The number of nitrogens with one attached hydrogen (secondary N) is 1. The van der Waals surface area contributed by atoms with Crippen LogP contribution in [0.15, 0.2) is 48.2 Å². The standard InChI is InChI=1S/C18H19N3O5S/c1-2-3-10-8-27-17-13(16(24)21(17)14(10)18(25)26)20-15(23)12(19)9-4-6-11(22)7-5-9/h2,4-7,12-13,17,22H,1,3,8,19H2,(H,20,23)(H,25,26). The molecule has 27 heavy (non-hydrogen) atoms. The van der Waals surface area contributed by atoms with Crippen molar-refractivity contribution in [1.29, 1.82) is 0 Å². The number of aliphatic carboxylic acids is 1. The van der Waals surface area contributed by atoms with Crippen molar-refractivity contribution in [1.82, 2.24) is 10.2 Å². The molecule has 0 aliphatic carbocycles. The van der Waals surface area contributed by atoms with Crippen LogP contribution in [-0.2, 0) is 14.4 Å². The molecule has 0 saturated carbocycles. The number of phenols is 1. The Morgan fingerprint density at radius 2 is 2.07 bits per heavy atom. The number of allylic oxidation sites excluding steroid dienone is 1. The van der Waals surface area contributed by atoms with Gasteiger partial charge in [-0.25, -0.2) is 4.79 Å². The van der Waals surface area contributed by atoms with Gasteiger partial charge in [0.25, 0.3) is 5.91 Å². The first kappa shape index (κ1) is 19.0. The number of hydrogen-bond donors (Lipinski definition) is 4. The molecule has 0 bridgehead atoms. The third kappa shape index (κ3) is 3.43. The average Bonchev–Trinajstić information content (AvgIpc) is 2.65. The molecule has 3 atom stereocenters. The van der Waals surface area contributed by atoms with Crippen molar-refractivity contribution >= 4 is 29.5 Å². The van der Waals surface area contributed by atoms with Crippen molar-refractivity contribution in [2.45, 2.75) is 23.9 Å². The molecule has 3 rings (SSSR count). The summed E-state index contributed by atoms with van der Waals surface area (Å²) in [6.45, 7) is 3.61. The number of benzene rings is 1. The number of amides is 2. The molecule has 0 spiro atoms. The molecule has 2 aliphatic rings. The zero-order chi connectivity index (χ0) is 19.7. The fraction of sp³-hybridized carbons (Fsp3) is 0.278. The maximum absolute atomic E-state index is 12.5. The SMILES string of the molecule is C=CCC1=C(C(=O)O)N2C(=O)C(NC(=O)C(N)c3ccc(O)cc3)C2SC1. The van der Waals surface area contributed by atoms with E-state index in [1.165, 1.54) is 40.9 Å². The number of carboxylic acids is 1. The van der Waals surface area contributed by atoms with Gasteiger partial charge < -0.3 is 21.3 Å². The van der Waals surface area contributed by atoms with Crippen molar-refractivity contribution in [3.8, 4) is 5.75 Å². The predicted octanol–water partition coefficient (Wildman–Crippen LogP) is 0.707. The first-order valence-electron chi connectivity index (χ1n) is 8.21. The van der Waals surface area contributed by atoms with E-state index in [9.17, 15) is 24.6 Å². The number of thioether (sulfide) groups is 1. The van der Waals surface area contributed by atoms with Gasteiger partial charge in [-0.05, 0) is 29.7 Å². The zero-order valence-electron chi connectivity index (χ0n) is 14.3. The minimum atomic E-state index is -1.17. The van der Waals surface area contributed by atoms with Crippen molar-refractivity contribution in [2.24, 2.45) is 5.73 Å². The Balaban J connectivity index is 1.73. The fourth-order valence-electron chi connectivity index (χ4n) is 3.09. The quantitative estimate of drug-likeness (QED) is 0.416. The topological polar surface area (TPSA) is 133 Å². The van der Waals surface area contributed by atoms with E-state index in [1.807, 2.05) is 0 Å². The maximum Gasteiger partial charge on any atom is 0.352 e. The molecule has 1 aromatic carbocycles. The van der Waals surface area contributed by atoms with Crippen molar-refractivity contribution < 1.29 is 24.6 Å². The number of carboxylic acid groups (broad SMARTS) is 1. The van der Waals surface area contributed by atoms with E-state index in [-0.39, 0.29) is 11.4 Å². The highest BCUT2D eigenvalue weighted by Crippen LogP contribution is 2.41. The Labute approximate surface area is 159 Å². The minimum Gasteiger partial charge on any atom is -0.508 e. The molecule has 2 amide bonds. The summed E-state index contributed by atoms with van der Waals surface area (Å²) in [7, 11) is 0. The molecule has 0 aromatic heterocycles. The summed E-state index contributed by atoms with van der Waals surface area (Å²) < 4.78 is 0. The van der Waals surface area contributed by atoms with Crippen LogP contribution >= 0.6 is 11.8 Å². The van der Waals surface area contributed by atoms with Crippen LogP contribution in [0.3, 0.4) is 0 Å². The van der Waals surface area contributed by atoms with Crippen molar-refractivity contribution in [2.75, 3.05) is 5.75 Å². The number of hydrogen-bond acceptors (Lipinski definition) is 6. The monoisotopic (exact) mass is 389 g/mol. The van der Waals surface area contributed by atoms with Crippen LogP contribution in [0.4, 0.5) is 0 Å². The zero-order valence-corrected chi connectivity index (χ0v) is 15.1. The van der Waals surface area contributed by atoms with E-state index in [1.54, 1.807) is 6.08 Å². The van der Waals surface area contributed by atoms with Crippen LogP contribution in [0.5, 0.6) is 5.75 Å². The number of rotatable bonds is 6. The molecular weight excluding hydrogens is 370 g/mol. The molecule has 2 aliphatic heterocycles. The van der Waals surface area contributed by atoms with Crippen LogP contribution in [0.1, 0.15) is 18.0 Å². The largest absolute Gasteiger partial charge is 0.508 e. The van der Waals surface area contributed by atoms with Gasteiger partial charge in [0.1, 0.15) is 28.9 Å². The lowest BCUT2D eigenvalue weighted by Gasteiger charge is -2.49. The summed E-state index contributed by atoms with van der Waals surface area (Å²) in [6.07, 6.45) is 1.98. The van der Waals surface area contributed by atoms with Gasteiger partial charge in [0, 0.05) is 5.75 Å². The average molecular weight is 389 g/mol. The molecular formula is C18H19N3O5S. The van der Waals surface area contributed by atoms with Gasteiger partial charge in [-0.15, -0.1) is 18.3 Å². The van der Waals surface area contributed by atoms with E-state index >= 15 is 0 Å². The first-order chi connectivity index (χ1) is 12.8. The molecule has 5 N–H and O–H groups in total. The molecule has 1 aromatic rings. The fourth-order valence-corrected chi connectivity index (χ4v) is 4.45. The van der Waals surface area contributed by atoms with Crippen LogP contribution in [0.2, 0.25) is 0 Å². The highest BCUT2D eigenvalue weighted by atomic mass is 32.2. The number of fused-ring (bicyclic) bond motifs is 1. The van der Waals surface area contributed by atoms with E-state index < -0.39 is 35.2 Å². The third-order valence-electron chi connectivity index (χ3n) is 4.47. The van der Waals surface area contributed by atoms with Crippen LogP contribution < -0.4 is 11.1 Å². The predicted molar refractivity (Wildman–Crippen MR) is 99.5 cm³/mol. The van der Waals surface area contributed by atoms with Crippen LogP contribution in [0, 0.1) is 0 Å². The number of nitrogens with two attached hydrogens (primary N) is 1. The van der Waals surface area contributed by atoms with Gasteiger partial charge in [0.05, 0.1) is 0 Å². The van der Waals surface area contributed by atoms with Gasteiger partial charge >= 0.3 is 5.97 Å². The summed E-state index contributed by atoms with van der Waals surface area (Å²) in [4.78, 5) is 37.7. The number of β-lactam (4-membered cyclic amide) rings is 1. The van der Waals surface area contributed by atoms with Gasteiger partial charge in [-0.2, -0.15) is 0 Å². The minimum absolute atomic E-state index is 0.0306. The second kappa shape index (κ2) is 7.45. The summed E-state index contributed by atoms with van der Waals surface area (Å²) >= 11 is 1.39. The molecule has 1 saturated heterocycles. The molecule has 8 nitrogen and oxygen atoms in total. The number of carbonyl (C=O) groups excluding carboxylic acids is 2. The first-order valence-corrected chi connectivity index (χ1v) is 9.25. The smallest absolute Gasteiger partial charge is 0.352 e. The van der Waals surface area contributed by atoms with Gasteiger partial charge in [-0.3, -0.25) is 14.5 Å². The van der Waals surface area contributed by atoms with Crippen LogP contribution in [-0.4, -0.2) is 50.1 Å². The number of nitrogens with zero attached hydrogens (tertiary/aromatic N) is 1. The lowest BCUT2D eigenvalue weighted by molar-refractivity contribution is -0.150. The van der Waals surface area contributed by atoms with E-state index in [2.05, 4.69) is 11.9 Å². The molecule has 9 heteroatoms. The Hall–Kier alpha value is -2.78. The molecule has 142 valence electrons. The second-order valence-electron chi connectivity index (χ2n) is 6.22. The molecule has 0 radical (unpaired) electrons. The summed E-state index contributed by atoms with van der Waals surface area (Å²) in [6, 6.07) is 4.05. The molecule has 1 fully saturated rings. The van der Waals surface area contributed by atoms with Crippen molar-refractivity contribution in [3.63, 3.8) is 0 Å². The lowest BCUT2D eigenvalue weighted by Crippen LogP contribution is -2.71. The molecule has 2 heterocycles. The van der Waals surface area contributed by atoms with E-state index in [0.29, 0.717) is 23.3 Å². The Morgan fingerprint density at radius 1 is 1.41 bits per heavy atom. The highest BCUT2D eigenvalue weighted by molar-refractivity contribution is 8.00. The summed E-state index contributed by atoms with van der Waals surface area (Å²) in [5.41, 5.74) is 7.01. The van der Waals surface area contributed by atoms with Crippen molar-refractivity contribution in [3.05, 3.63) is 53.8 Å². The van der Waals surface area contributed by atoms with Crippen LogP contribution in [0.25, 0.3) is 0 Å². The van der Waals surface area contributed by atoms with E-state index in [0.717, 1.165) is 0 Å². The number of aromatic hydroxyl groups is 1. The summed E-state index contributed by atoms with van der Waals surface area (Å²) in [5, 5.41) is 20.9. The second-order valence-corrected chi connectivity index (χ2v) is 7.32. The van der Waals surface area contributed by atoms with Gasteiger partial charge in [0.15, 0.2) is 0 Å². The number of carbonyl (C=O) groups is 3. The Bertz CT molecular complexity index is 836. The van der Waals surface area contributed by atoms with Gasteiger partial charge in [-0.1, -0.05) is 18.2 Å². The third-order valence-corrected chi connectivity index (χ3v) is 5.81. The van der Waals surface area contributed by atoms with Gasteiger partial charge in [0.2, 0.25) is 5.91 Å². The van der Waals surface area contributed by atoms with E-state index in [4.69, 9.17) is 5.73 Å². The number of phenolic OH excluding ortho intramolecular Hbond substituents is 1. The maximum atomic E-state index is 12.5. The summed E-state index contributed by atoms with van der Waals surface area (Å²) in [5.74, 6) is -1.69. The molecule has 3 unspecified atom stereocenters.